The summed E-state index contributed by atoms with van der Waals surface area (Å²) in [7, 11) is -1.92. The number of unbranched alkanes of at least 4 members (excludes halogenated alkanes) is 2. The molecule has 1 heterocycles. The third-order valence-electron chi connectivity index (χ3n) is 2.54. The molecule has 0 aliphatic rings. The van der Waals surface area contributed by atoms with Crippen molar-refractivity contribution in [3.63, 3.8) is 0 Å². The highest BCUT2D eigenvalue weighted by atomic mass is 32.2. The molecular weight excluding hydrogens is 240 g/mol. The number of aromatic nitrogens is 1. The summed E-state index contributed by atoms with van der Waals surface area (Å²) in [6.45, 7) is 2.56. The Morgan fingerprint density at radius 2 is 2.00 bits per heavy atom. The van der Waals surface area contributed by atoms with Gasteiger partial charge in [-0.1, -0.05) is 19.8 Å². The van der Waals surface area contributed by atoms with Gasteiger partial charge in [-0.25, -0.2) is 12.7 Å². The molecule has 0 aliphatic carbocycles. The number of hydrogen-bond donors (Lipinski definition) is 1. The Hall–Kier alpha value is -1.14. The summed E-state index contributed by atoms with van der Waals surface area (Å²) in [5, 5.41) is 0. The zero-order chi connectivity index (χ0) is 12.9. The number of H-pyrrole nitrogens is 1. The normalized spacial score (nSPS) is 11.9. The first-order valence-corrected chi connectivity index (χ1v) is 7.07. The molecule has 0 fully saturated rings. The van der Waals surface area contributed by atoms with Crippen molar-refractivity contribution in [1.29, 1.82) is 0 Å². The molecule has 1 rings (SSSR count). The van der Waals surface area contributed by atoms with Crippen molar-refractivity contribution >= 4 is 10.0 Å². The minimum atomic E-state index is -3.47. The minimum absolute atomic E-state index is 0.121. The lowest BCUT2D eigenvalue weighted by Gasteiger charge is -2.16. The maximum atomic E-state index is 12.0. The summed E-state index contributed by atoms with van der Waals surface area (Å²) in [6, 6.07) is 2.54. The maximum Gasteiger partial charge on any atom is 0.247 e. The fraction of sp³-hybridized carbons (Fsp3) is 0.545. The van der Waals surface area contributed by atoms with Gasteiger partial charge in [-0.05, 0) is 12.5 Å². The predicted octanol–water partition coefficient (Wildman–Crippen LogP) is 1.19. The lowest BCUT2D eigenvalue weighted by Crippen LogP contribution is -2.28. The number of sulfonamides is 1. The largest absolute Gasteiger partial charge is 0.328 e. The first kappa shape index (κ1) is 13.9. The Morgan fingerprint density at radius 3 is 2.53 bits per heavy atom. The van der Waals surface area contributed by atoms with Crippen LogP contribution >= 0.6 is 0 Å². The van der Waals surface area contributed by atoms with Crippen LogP contribution < -0.4 is 5.56 Å². The van der Waals surface area contributed by atoms with Gasteiger partial charge in [-0.3, -0.25) is 4.79 Å². The maximum absolute atomic E-state index is 12.0. The summed E-state index contributed by atoms with van der Waals surface area (Å²) in [6.07, 6.45) is 4.13. The lowest BCUT2D eigenvalue weighted by atomic mass is 10.2. The smallest absolute Gasteiger partial charge is 0.247 e. The van der Waals surface area contributed by atoms with Crippen molar-refractivity contribution in [3.05, 3.63) is 28.7 Å². The molecule has 0 atom stereocenters. The van der Waals surface area contributed by atoms with E-state index in [2.05, 4.69) is 11.9 Å². The van der Waals surface area contributed by atoms with E-state index in [1.807, 2.05) is 0 Å². The number of hydrogen-bond acceptors (Lipinski definition) is 3. The van der Waals surface area contributed by atoms with Crippen LogP contribution in [0.25, 0.3) is 0 Å². The van der Waals surface area contributed by atoms with Gasteiger partial charge in [-0.15, -0.1) is 0 Å². The van der Waals surface area contributed by atoms with E-state index in [9.17, 15) is 13.2 Å². The molecule has 1 aromatic rings. The van der Waals surface area contributed by atoms with E-state index in [0.717, 1.165) is 19.3 Å². The Bertz CT molecular complexity index is 487. The summed E-state index contributed by atoms with van der Waals surface area (Å²) >= 11 is 0. The van der Waals surface area contributed by atoms with Crippen LogP contribution in [-0.2, 0) is 10.0 Å². The number of pyridine rings is 1. The van der Waals surface area contributed by atoms with Crippen LogP contribution in [0.2, 0.25) is 0 Å². The highest BCUT2D eigenvalue weighted by Gasteiger charge is 2.19. The van der Waals surface area contributed by atoms with Gasteiger partial charge < -0.3 is 4.98 Å². The third-order valence-corrected chi connectivity index (χ3v) is 4.39. The molecule has 0 radical (unpaired) electrons. The first-order valence-electron chi connectivity index (χ1n) is 5.63. The zero-order valence-electron chi connectivity index (χ0n) is 10.1. The lowest BCUT2D eigenvalue weighted by molar-refractivity contribution is 0.454. The molecule has 5 nitrogen and oxygen atoms in total. The molecule has 0 saturated heterocycles. The van der Waals surface area contributed by atoms with Crippen molar-refractivity contribution in [2.24, 2.45) is 0 Å². The highest BCUT2D eigenvalue weighted by Crippen LogP contribution is 2.12. The molecule has 0 unspecified atom stereocenters. The van der Waals surface area contributed by atoms with Gasteiger partial charge in [-0.2, -0.15) is 0 Å². The number of nitrogens with one attached hydrogen (secondary N) is 1. The topological polar surface area (TPSA) is 70.2 Å². The quantitative estimate of drug-likeness (QED) is 0.779. The standard InChI is InChI=1S/C11H18N2O3S/c1-3-4-5-8-13(2)17(15,16)10-6-7-11(14)12-9-10/h6-7,9H,3-5,8H2,1-2H3,(H,12,14). The van der Waals surface area contributed by atoms with Gasteiger partial charge in [0.25, 0.3) is 0 Å². The van der Waals surface area contributed by atoms with E-state index < -0.39 is 10.0 Å². The molecule has 96 valence electrons. The molecule has 17 heavy (non-hydrogen) atoms. The van der Waals surface area contributed by atoms with Crippen molar-refractivity contribution in [2.45, 2.75) is 31.1 Å². The summed E-state index contributed by atoms with van der Waals surface area (Å²) in [5.41, 5.74) is -0.308. The molecule has 0 saturated carbocycles. The van der Waals surface area contributed by atoms with Crippen LogP contribution in [0.4, 0.5) is 0 Å². The van der Waals surface area contributed by atoms with Gasteiger partial charge in [0.2, 0.25) is 15.6 Å². The molecule has 0 aliphatic heterocycles. The van der Waals surface area contributed by atoms with Crippen molar-refractivity contribution < 1.29 is 8.42 Å². The first-order chi connectivity index (χ1) is 7.98. The van der Waals surface area contributed by atoms with Gasteiger partial charge in [0.1, 0.15) is 0 Å². The minimum Gasteiger partial charge on any atom is -0.328 e. The van der Waals surface area contributed by atoms with Crippen molar-refractivity contribution in [1.82, 2.24) is 9.29 Å². The van der Waals surface area contributed by atoms with Crippen LogP contribution in [-0.4, -0.2) is 31.3 Å². The van der Waals surface area contributed by atoms with E-state index in [4.69, 9.17) is 0 Å². The average molecular weight is 258 g/mol. The molecule has 0 amide bonds. The van der Waals surface area contributed by atoms with Crippen LogP contribution in [0.1, 0.15) is 26.2 Å². The third kappa shape index (κ3) is 3.67. The fourth-order valence-electron chi connectivity index (χ4n) is 1.44. The van der Waals surface area contributed by atoms with Crippen LogP contribution in [0, 0.1) is 0 Å². The monoisotopic (exact) mass is 258 g/mol. The highest BCUT2D eigenvalue weighted by molar-refractivity contribution is 7.89. The molecular formula is C11H18N2O3S. The van der Waals surface area contributed by atoms with Gasteiger partial charge in [0, 0.05) is 25.9 Å². The van der Waals surface area contributed by atoms with E-state index >= 15 is 0 Å². The molecule has 0 aromatic carbocycles. The van der Waals surface area contributed by atoms with Gasteiger partial charge in [0.05, 0.1) is 4.90 Å². The van der Waals surface area contributed by atoms with E-state index in [-0.39, 0.29) is 10.5 Å². The number of rotatable bonds is 6. The molecule has 0 spiro atoms. The van der Waals surface area contributed by atoms with Gasteiger partial charge >= 0.3 is 0 Å². The molecule has 6 heteroatoms. The number of aromatic amines is 1. The van der Waals surface area contributed by atoms with Crippen molar-refractivity contribution in [3.8, 4) is 0 Å². The van der Waals surface area contributed by atoms with E-state index in [0.29, 0.717) is 6.54 Å². The Kier molecular flexibility index (Phi) is 4.89. The predicted molar refractivity (Wildman–Crippen MR) is 66.4 cm³/mol. The second-order valence-corrected chi connectivity index (χ2v) is 5.97. The van der Waals surface area contributed by atoms with Crippen molar-refractivity contribution in [2.75, 3.05) is 13.6 Å². The Balaban J connectivity index is 2.80. The van der Waals surface area contributed by atoms with Crippen LogP contribution in [0.5, 0.6) is 0 Å². The second-order valence-electron chi connectivity index (χ2n) is 3.92. The Labute approximate surface area is 102 Å². The molecule has 0 bridgehead atoms. The van der Waals surface area contributed by atoms with E-state index in [1.165, 1.54) is 22.6 Å². The SMILES string of the molecule is CCCCCN(C)S(=O)(=O)c1ccc(=O)[nH]c1. The molecule has 1 N–H and O–H groups in total. The number of nitrogens with zero attached hydrogens (tertiary/aromatic N) is 1. The average Bonchev–Trinajstić information content (AvgIpc) is 2.29. The fourth-order valence-corrected chi connectivity index (χ4v) is 2.62. The van der Waals surface area contributed by atoms with Crippen LogP contribution in [0.3, 0.4) is 0 Å². The summed E-state index contributed by atoms with van der Waals surface area (Å²) in [5.74, 6) is 0. The summed E-state index contributed by atoms with van der Waals surface area (Å²) < 4.78 is 25.4. The second kappa shape index (κ2) is 5.97. The van der Waals surface area contributed by atoms with E-state index in [1.54, 1.807) is 7.05 Å². The summed E-state index contributed by atoms with van der Waals surface area (Å²) in [4.78, 5) is 13.4. The molecule has 1 aromatic heterocycles. The van der Waals surface area contributed by atoms with Gasteiger partial charge in [0.15, 0.2) is 0 Å². The van der Waals surface area contributed by atoms with Crippen LogP contribution in [0.15, 0.2) is 28.0 Å². The zero-order valence-corrected chi connectivity index (χ0v) is 11.0. The Morgan fingerprint density at radius 1 is 1.29 bits per heavy atom.